The van der Waals surface area contributed by atoms with E-state index in [1.165, 1.54) is 33.5 Å². The number of anilines is 1. The van der Waals surface area contributed by atoms with Gasteiger partial charge in [0.2, 0.25) is 12.0 Å². The van der Waals surface area contributed by atoms with Crippen LogP contribution in [0, 0.1) is 23.0 Å². The fourth-order valence-electron chi connectivity index (χ4n) is 3.86. The smallest absolute Gasteiger partial charge is 0.311 e. The van der Waals surface area contributed by atoms with Gasteiger partial charge in [-0.3, -0.25) is 19.7 Å². The van der Waals surface area contributed by atoms with Crippen molar-refractivity contribution in [3.8, 4) is 17.2 Å². The van der Waals surface area contributed by atoms with Crippen LogP contribution >= 0.6 is 0 Å². The number of nitro benzene ring substituents is 1. The summed E-state index contributed by atoms with van der Waals surface area (Å²) in [6, 6.07) is 7.54. The molecular formula is C21H19N3O8. The van der Waals surface area contributed by atoms with Crippen molar-refractivity contribution in [1.82, 2.24) is 0 Å². The number of carbonyl (C=O) groups excluding carboxylic acids is 2. The molecule has 0 aliphatic carbocycles. The van der Waals surface area contributed by atoms with Gasteiger partial charge >= 0.3 is 5.69 Å². The summed E-state index contributed by atoms with van der Waals surface area (Å²) in [7, 11) is 4.25. The van der Waals surface area contributed by atoms with Gasteiger partial charge in [-0.2, -0.15) is 0 Å². The molecule has 2 aliphatic rings. The second-order valence-electron chi connectivity index (χ2n) is 7.13. The SMILES string of the molecule is COc1ccc(C2=NO[C@H]3C(=O)N(c4cc(OC)c([N+](=O)[O-])cc4C)C(=O)[C@H]23)c(OC)c1. The highest BCUT2D eigenvalue weighted by Gasteiger charge is 2.57. The summed E-state index contributed by atoms with van der Waals surface area (Å²) in [5, 5.41) is 15.3. The lowest BCUT2D eigenvalue weighted by molar-refractivity contribution is -0.385. The van der Waals surface area contributed by atoms with Gasteiger partial charge < -0.3 is 19.0 Å². The molecule has 11 nitrogen and oxygen atoms in total. The number of imide groups is 1. The van der Waals surface area contributed by atoms with Gasteiger partial charge in [0.1, 0.15) is 23.1 Å². The normalized spacial score (nSPS) is 19.4. The molecule has 2 heterocycles. The van der Waals surface area contributed by atoms with Crippen molar-refractivity contribution in [2.24, 2.45) is 11.1 Å². The lowest BCUT2D eigenvalue weighted by atomic mass is 9.93. The topological polar surface area (TPSA) is 130 Å². The average molecular weight is 441 g/mol. The zero-order chi connectivity index (χ0) is 23.2. The monoisotopic (exact) mass is 441 g/mol. The number of carbonyl (C=O) groups is 2. The second kappa shape index (κ2) is 7.84. The molecule has 2 amide bonds. The van der Waals surface area contributed by atoms with Crippen LogP contribution in [0.15, 0.2) is 35.5 Å². The van der Waals surface area contributed by atoms with Crippen LogP contribution in [-0.2, 0) is 14.4 Å². The van der Waals surface area contributed by atoms with Gasteiger partial charge in [0, 0.05) is 23.8 Å². The summed E-state index contributed by atoms with van der Waals surface area (Å²) in [6.45, 7) is 1.57. The molecule has 0 N–H and O–H groups in total. The minimum atomic E-state index is -1.15. The molecule has 0 unspecified atom stereocenters. The van der Waals surface area contributed by atoms with E-state index in [9.17, 15) is 19.7 Å². The number of aryl methyl sites for hydroxylation is 1. The first-order valence-corrected chi connectivity index (χ1v) is 9.49. The highest BCUT2D eigenvalue weighted by atomic mass is 16.7. The van der Waals surface area contributed by atoms with Crippen LogP contribution < -0.4 is 19.1 Å². The number of methoxy groups -OCH3 is 3. The van der Waals surface area contributed by atoms with Crippen molar-refractivity contribution < 1.29 is 33.6 Å². The number of benzene rings is 2. The van der Waals surface area contributed by atoms with E-state index in [2.05, 4.69) is 5.16 Å². The predicted molar refractivity (Wildman–Crippen MR) is 111 cm³/mol. The van der Waals surface area contributed by atoms with Crippen molar-refractivity contribution in [2.75, 3.05) is 26.2 Å². The first-order chi connectivity index (χ1) is 15.3. The number of hydrogen-bond donors (Lipinski definition) is 0. The summed E-state index contributed by atoms with van der Waals surface area (Å²) in [6.07, 6.45) is -1.15. The third kappa shape index (κ3) is 3.09. The minimum Gasteiger partial charge on any atom is -0.497 e. The first kappa shape index (κ1) is 21.1. The van der Waals surface area contributed by atoms with E-state index in [0.717, 1.165) is 4.90 Å². The van der Waals surface area contributed by atoms with E-state index in [4.69, 9.17) is 19.0 Å². The Morgan fingerprint density at radius 2 is 1.75 bits per heavy atom. The van der Waals surface area contributed by atoms with Crippen LogP contribution in [0.4, 0.5) is 11.4 Å². The van der Waals surface area contributed by atoms with Crippen LogP contribution in [0.25, 0.3) is 0 Å². The van der Waals surface area contributed by atoms with Crippen molar-refractivity contribution in [3.05, 3.63) is 51.6 Å². The standard InChI is InChI=1S/C21H19N3O8/c1-10-7-14(24(27)28)16(31-4)9-13(10)23-20(25)17-18(22-32-19(17)21(23)26)12-6-5-11(29-2)8-15(12)30-3/h5-9,17,19H,1-4H3/t17-,19-/m1/s1. The number of ether oxygens (including phenoxy) is 3. The molecule has 0 radical (unpaired) electrons. The minimum absolute atomic E-state index is 0.0695. The van der Waals surface area contributed by atoms with E-state index in [1.54, 1.807) is 25.1 Å². The zero-order valence-corrected chi connectivity index (χ0v) is 17.6. The van der Waals surface area contributed by atoms with Crippen LogP contribution in [0.3, 0.4) is 0 Å². The van der Waals surface area contributed by atoms with E-state index < -0.39 is 28.8 Å². The maximum absolute atomic E-state index is 13.4. The number of fused-ring (bicyclic) bond motifs is 1. The Hall–Kier alpha value is -4.15. The highest BCUT2D eigenvalue weighted by molar-refractivity contribution is 6.33. The summed E-state index contributed by atoms with van der Waals surface area (Å²) in [5.41, 5.74) is 1.01. The molecule has 166 valence electrons. The molecular weight excluding hydrogens is 422 g/mol. The Morgan fingerprint density at radius 3 is 2.38 bits per heavy atom. The van der Waals surface area contributed by atoms with E-state index >= 15 is 0 Å². The average Bonchev–Trinajstić information content (AvgIpc) is 3.33. The van der Waals surface area contributed by atoms with Gasteiger partial charge in [0.25, 0.3) is 5.91 Å². The van der Waals surface area contributed by atoms with Crippen molar-refractivity contribution in [2.45, 2.75) is 13.0 Å². The molecule has 2 aromatic rings. The number of hydrogen-bond acceptors (Lipinski definition) is 9. The number of nitrogens with zero attached hydrogens (tertiary/aromatic N) is 3. The molecule has 0 aromatic heterocycles. The maximum atomic E-state index is 13.4. The molecule has 0 spiro atoms. The summed E-state index contributed by atoms with van der Waals surface area (Å²) < 4.78 is 15.7. The van der Waals surface area contributed by atoms with Crippen LogP contribution in [-0.4, -0.2) is 49.9 Å². The number of rotatable bonds is 6. The van der Waals surface area contributed by atoms with Gasteiger partial charge in [-0.25, -0.2) is 4.90 Å². The van der Waals surface area contributed by atoms with Gasteiger partial charge in [0.05, 0.1) is 31.9 Å². The van der Waals surface area contributed by atoms with Crippen molar-refractivity contribution >= 4 is 28.9 Å². The molecule has 4 rings (SSSR count). The second-order valence-corrected chi connectivity index (χ2v) is 7.13. The fraction of sp³-hybridized carbons (Fsp3) is 0.286. The number of amides is 2. The lowest BCUT2D eigenvalue weighted by Gasteiger charge is -2.19. The summed E-state index contributed by atoms with van der Waals surface area (Å²) >= 11 is 0. The quantitative estimate of drug-likeness (QED) is 0.379. The Labute approximate surface area is 182 Å². The maximum Gasteiger partial charge on any atom is 0.311 e. The largest absolute Gasteiger partial charge is 0.497 e. The summed E-state index contributed by atoms with van der Waals surface area (Å²) in [4.78, 5) is 43.4. The Bertz CT molecular complexity index is 1180. The van der Waals surface area contributed by atoms with Crippen LogP contribution in [0.5, 0.6) is 17.2 Å². The lowest BCUT2D eigenvalue weighted by Crippen LogP contribution is -2.33. The predicted octanol–water partition coefficient (Wildman–Crippen LogP) is 2.22. The molecule has 1 fully saturated rings. The molecule has 2 atom stereocenters. The van der Waals surface area contributed by atoms with E-state index in [1.807, 2.05) is 0 Å². The number of oxime groups is 1. The zero-order valence-electron chi connectivity index (χ0n) is 17.6. The van der Waals surface area contributed by atoms with Crippen molar-refractivity contribution in [3.63, 3.8) is 0 Å². The molecule has 1 saturated heterocycles. The third-order valence-electron chi connectivity index (χ3n) is 5.43. The van der Waals surface area contributed by atoms with E-state index in [0.29, 0.717) is 22.6 Å². The number of nitro groups is 1. The van der Waals surface area contributed by atoms with Crippen molar-refractivity contribution in [1.29, 1.82) is 0 Å². The molecule has 2 aromatic carbocycles. The molecule has 32 heavy (non-hydrogen) atoms. The van der Waals surface area contributed by atoms with Gasteiger partial charge in [-0.15, -0.1) is 0 Å². The third-order valence-corrected chi connectivity index (χ3v) is 5.43. The van der Waals surface area contributed by atoms with E-state index in [-0.39, 0.29) is 22.8 Å². The molecule has 2 aliphatic heterocycles. The van der Waals surface area contributed by atoms with Crippen LogP contribution in [0.1, 0.15) is 11.1 Å². The highest BCUT2D eigenvalue weighted by Crippen LogP contribution is 2.41. The Morgan fingerprint density at radius 1 is 1.03 bits per heavy atom. The van der Waals surface area contributed by atoms with Gasteiger partial charge in [-0.05, 0) is 24.6 Å². The fourth-order valence-corrected chi connectivity index (χ4v) is 3.86. The molecule has 11 heteroatoms. The Kier molecular flexibility index (Phi) is 5.17. The summed E-state index contributed by atoms with van der Waals surface area (Å²) in [5.74, 6) is -1.30. The van der Waals surface area contributed by atoms with Crippen LogP contribution in [0.2, 0.25) is 0 Å². The van der Waals surface area contributed by atoms with Gasteiger partial charge in [-0.1, -0.05) is 5.16 Å². The molecule has 0 saturated carbocycles. The molecule has 0 bridgehead atoms. The Balaban J connectivity index is 1.75. The first-order valence-electron chi connectivity index (χ1n) is 9.49. The van der Waals surface area contributed by atoms with Gasteiger partial charge in [0.15, 0.2) is 5.75 Å².